The van der Waals surface area contributed by atoms with Crippen LogP contribution in [0.1, 0.15) is 5.56 Å². The van der Waals surface area contributed by atoms with Crippen molar-refractivity contribution in [3.8, 4) is 0 Å². The fourth-order valence-electron chi connectivity index (χ4n) is 1.87. The molecule has 3 N–H and O–H groups in total. The van der Waals surface area contributed by atoms with E-state index in [1.165, 1.54) is 5.56 Å². The lowest BCUT2D eigenvalue weighted by Crippen LogP contribution is -2.30. The van der Waals surface area contributed by atoms with Crippen LogP contribution in [0.5, 0.6) is 0 Å². The molecule has 2 aromatic carbocycles. The number of carbonyl (C=O) groups is 1. The quantitative estimate of drug-likeness (QED) is 0.839. The van der Waals surface area contributed by atoms with Crippen LogP contribution in [0.3, 0.4) is 0 Å². The van der Waals surface area contributed by atoms with Crippen molar-refractivity contribution >= 4 is 23.0 Å². The first-order valence-electron chi connectivity index (χ1n) is 6.48. The molecule has 0 saturated heterocycles. The highest BCUT2D eigenvalue weighted by Crippen LogP contribution is 2.14. The van der Waals surface area contributed by atoms with E-state index >= 15 is 0 Å². The third-order valence-electron chi connectivity index (χ3n) is 3.05. The van der Waals surface area contributed by atoms with Crippen LogP contribution in [0, 0.1) is 6.92 Å². The molecule has 4 heteroatoms. The van der Waals surface area contributed by atoms with E-state index in [1.807, 2.05) is 43.1 Å². The summed E-state index contributed by atoms with van der Waals surface area (Å²) in [5.74, 6) is -0.0575. The third-order valence-corrected chi connectivity index (χ3v) is 3.05. The number of rotatable bonds is 4. The summed E-state index contributed by atoms with van der Waals surface area (Å²) in [7, 11) is 1.90. The second kappa shape index (κ2) is 6.10. The van der Waals surface area contributed by atoms with Gasteiger partial charge in [0.1, 0.15) is 0 Å². The van der Waals surface area contributed by atoms with E-state index in [-0.39, 0.29) is 5.91 Å². The van der Waals surface area contributed by atoms with E-state index in [9.17, 15) is 4.79 Å². The van der Waals surface area contributed by atoms with E-state index in [0.717, 1.165) is 11.4 Å². The van der Waals surface area contributed by atoms with Gasteiger partial charge in [0.25, 0.3) is 0 Å². The molecule has 0 atom stereocenters. The number of nitrogens with one attached hydrogen (secondary N) is 1. The summed E-state index contributed by atoms with van der Waals surface area (Å²) in [6.07, 6.45) is 0. The summed E-state index contributed by atoms with van der Waals surface area (Å²) < 4.78 is 0. The van der Waals surface area contributed by atoms with E-state index in [0.29, 0.717) is 12.2 Å². The zero-order chi connectivity index (χ0) is 14.5. The molecule has 0 unspecified atom stereocenters. The Kier molecular flexibility index (Phi) is 4.25. The number of amides is 1. The van der Waals surface area contributed by atoms with Crippen LogP contribution >= 0.6 is 0 Å². The topological polar surface area (TPSA) is 58.4 Å². The number of hydrogen-bond acceptors (Lipinski definition) is 3. The maximum Gasteiger partial charge on any atom is 0.243 e. The molecule has 0 aliphatic carbocycles. The van der Waals surface area contributed by atoms with Gasteiger partial charge >= 0.3 is 0 Å². The number of nitrogen functional groups attached to an aromatic ring is 1. The van der Waals surface area contributed by atoms with Crippen molar-refractivity contribution in [2.45, 2.75) is 6.92 Å². The minimum Gasteiger partial charge on any atom is -0.399 e. The number of nitrogens with two attached hydrogens (primary N) is 1. The lowest BCUT2D eigenvalue weighted by molar-refractivity contribution is -0.114. The fraction of sp³-hybridized carbons (Fsp3) is 0.188. The fourth-order valence-corrected chi connectivity index (χ4v) is 1.87. The SMILES string of the molecule is Cc1ccc(N(C)CC(=O)Nc2ccc(N)cc2)cc1. The molecule has 0 spiro atoms. The summed E-state index contributed by atoms with van der Waals surface area (Å²) in [5.41, 5.74) is 9.26. The van der Waals surface area contributed by atoms with Crippen molar-refractivity contribution in [3.05, 3.63) is 54.1 Å². The first-order valence-corrected chi connectivity index (χ1v) is 6.48. The van der Waals surface area contributed by atoms with Gasteiger partial charge in [0, 0.05) is 24.1 Å². The van der Waals surface area contributed by atoms with Crippen molar-refractivity contribution in [2.75, 3.05) is 29.5 Å². The maximum absolute atomic E-state index is 12.0. The average molecular weight is 269 g/mol. The van der Waals surface area contributed by atoms with Crippen LogP contribution in [-0.2, 0) is 4.79 Å². The summed E-state index contributed by atoms with van der Waals surface area (Å²) in [5, 5.41) is 2.85. The van der Waals surface area contributed by atoms with Gasteiger partial charge in [-0.15, -0.1) is 0 Å². The standard InChI is InChI=1S/C16H19N3O/c1-12-3-9-15(10-4-12)19(2)11-16(20)18-14-7-5-13(17)6-8-14/h3-10H,11,17H2,1-2H3,(H,18,20). The molecule has 20 heavy (non-hydrogen) atoms. The molecule has 0 aromatic heterocycles. The van der Waals surface area contributed by atoms with E-state index < -0.39 is 0 Å². The van der Waals surface area contributed by atoms with Gasteiger partial charge in [0.15, 0.2) is 0 Å². The van der Waals surface area contributed by atoms with E-state index in [2.05, 4.69) is 5.32 Å². The zero-order valence-electron chi connectivity index (χ0n) is 11.8. The highest BCUT2D eigenvalue weighted by atomic mass is 16.2. The van der Waals surface area contributed by atoms with Crippen molar-refractivity contribution < 1.29 is 4.79 Å². The smallest absolute Gasteiger partial charge is 0.243 e. The van der Waals surface area contributed by atoms with E-state index in [1.54, 1.807) is 24.3 Å². The molecular weight excluding hydrogens is 250 g/mol. The monoisotopic (exact) mass is 269 g/mol. The summed E-state index contributed by atoms with van der Waals surface area (Å²) >= 11 is 0. The maximum atomic E-state index is 12.0. The van der Waals surface area contributed by atoms with Gasteiger partial charge in [-0.2, -0.15) is 0 Å². The second-order valence-corrected chi connectivity index (χ2v) is 4.86. The van der Waals surface area contributed by atoms with Gasteiger partial charge in [-0.3, -0.25) is 4.79 Å². The molecule has 0 aliphatic heterocycles. The lowest BCUT2D eigenvalue weighted by atomic mass is 10.2. The average Bonchev–Trinajstić information content (AvgIpc) is 2.42. The van der Waals surface area contributed by atoms with Crippen molar-refractivity contribution in [3.63, 3.8) is 0 Å². The minimum absolute atomic E-state index is 0.0575. The van der Waals surface area contributed by atoms with Gasteiger partial charge in [-0.25, -0.2) is 0 Å². The molecule has 0 radical (unpaired) electrons. The first kappa shape index (κ1) is 13.9. The third kappa shape index (κ3) is 3.75. The Bertz CT molecular complexity index is 576. The largest absolute Gasteiger partial charge is 0.399 e. The summed E-state index contributed by atoms with van der Waals surface area (Å²) in [4.78, 5) is 13.9. The lowest BCUT2D eigenvalue weighted by Gasteiger charge is -2.19. The van der Waals surface area contributed by atoms with Crippen LogP contribution in [0.25, 0.3) is 0 Å². The predicted octanol–water partition coefficient (Wildman–Crippen LogP) is 2.65. The number of carbonyl (C=O) groups excluding carboxylic acids is 1. The Morgan fingerprint density at radius 1 is 1.10 bits per heavy atom. The van der Waals surface area contributed by atoms with E-state index in [4.69, 9.17) is 5.73 Å². The van der Waals surface area contributed by atoms with Crippen LogP contribution in [0.4, 0.5) is 17.1 Å². The number of likely N-dealkylation sites (N-methyl/N-ethyl adjacent to an activating group) is 1. The predicted molar refractivity (Wildman–Crippen MR) is 83.9 cm³/mol. The van der Waals surface area contributed by atoms with Crippen LogP contribution in [0.15, 0.2) is 48.5 Å². The molecule has 0 heterocycles. The number of aryl methyl sites for hydroxylation is 1. The van der Waals surface area contributed by atoms with Gasteiger partial charge < -0.3 is 16.0 Å². The molecule has 0 fully saturated rings. The Hall–Kier alpha value is -2.49. The molecule has 0 saturated carbocycles. The van der Waals surface area contributed by atoms with Crippen molar-refractivity contribution in [2.24, 2.45) is 0 Å². The van der Waals surface area contributed by atoms with Gasteiger partial charge in [0.2, 0.25) is 5.91 Å². The van der Waals surface area contributed by atoms with Crippen molar-refractivity contribution in [1.82, 2.24) is 0 Å². The molecule has 104 valence electrons. The molecular formula is C16H19N3O. The normalized spacial score (nSPS) is 10.1. The molecule has 2 rings (SSSR count). The first-order chi connectivity index (χ1) is 9.54. The summed E-state index contributed by atoms with van der Waals surface area (Å²) in [6, 6.07) is 15.2. The summed E-state index contributed by atoms with van der Waals surface area (Å²) in [6.45, 7) is 2.34. The highest BCUT2D eigenvalue weighted by molar-refractivity contribution is 5.94. The highest BCUT2D eigenvalue weighted by Gasteiger charge is 2.07. The van der Waals surface area contributed by atoms with Gasteiger partial charge in [-0.05, 0) is 43.3 Å². The number of anilines is 3. The van der Waals surface area contributed by atoms with Crippen LogP contribution < -0.4 is 16.0 Å². The molecule has 4 nitrogen and oxygen atoms in total. The Balaban J connectivity index is 1.93. The Morgan fingerprint density at radius 3 is 2.30 bits per heavy atom. The van der Waals surface area contributed by atoms with Gasteiger partial charge in [-0.1, -0.05) is 17.7 Å². The second-order valence-electron chi connectivity index (χ2n) is 4.86. The molecule has 0 bridgehead atoms. The Morgan fingerprint density at radius 2 is 1.70 bits per heavy atom. The van der Waals surface area contributed by atoms with Crippen LogP contribution in [-0.4, -0.2) is 19.5 Å². The van der Waals surface area contributed by atoms with Crippen molar-refractivity contribution in [1.29, 1.82) is 0 Å². The molecule has 1 amide bonds. The minimum atomic E-state index is -0.0575. The number of benzene rings is 2. The number of nitrogens with zero attached hydrogens (tertiary/aromatic N) is 1. The number of hydrogen-bond donors (Lipinski definition) is 2. The zero-order valence-corrected chi connectivity index (χ0v) is 11.8. The van der Waals surface area contributed by atoms with Crippen LogP contribution in [0.2, 0.25) is 0 Å². The Labute approximate surface area is 119 Å². The van der Waals surface area contributed by atoms with Gasteiger partial charge in [0.05, 0.1) is 6.54 Å². The molecule has 0 aliphatic rings. The molecule has 2 aromatic rings.